The lowest BCUT2D eigenvalue weighted by Gasteiger charge is -2.30. The molecule has 0 saturated heterocycles. The molecule has 1 aromatic carbocycles. The van der Waals surface area contributed by atoms with Gasteiger partial charge < -0.3 is 14.6 Å². The van der Waals surface area contributed by atoms with Crippen LogP contribution in [-0.2, 0) is 14.3 Å². The summed E-state index contributed by atoms with van der Waals surface area (Å²) >= 11 is 0. The van der Waals surface area contributed by atoms with Crippen LogP contribution < -0.4 is 0 Å². The summed E-state index contributed by atoms with van der Waals surface area (Å²) in [5, 5.41) is 9.24. The average Bonchev–Trinajstić information content (AvgIpc) is 2.92. The van der Waals surface area contributed by atoms with Gasteiger partial charge in [-0.3, -0.25) is 0 Å². The first kappa shape index (κ1) is 30.9. The van der Waals surface area contributed by atoms with Gasteiger partial charge in [-0.15, -0.1) is 0 Å². The zero-order valence-corrected chi connectivity index (χ0v) is 23.6. The molecule has 4 nitrogen and oxygen atoms in total. The van der Waals surface area contributed by atoms with Gasteiger partial charge in [-0.25, -0.2) is 4.79 Å². The molecule has 0 heterocycles. The third-order valence-electron chi connectivity index (χ3n) is 8.08. The molecule has 1 saturated carbocycles. The Balaban J connectivity index is 2.06. The van der Waals surface area contributed by atoms with Crippen molar-refractivity contribution in [2.75, 3.05) is 19.8 Å². The smallest absolute Gasteiger partial charge is 0.333 e. The summed E-state index contributed by atoms with van der Waals surface area (Å²) in [6, 6.07) is 9.05. The van der Waals surface area contributed by atoms with Gasteiger partial charge in [0.15, 0.2) is 0 Å². The molecule has 1 N–H and O–H groups in total. The van der Waals surface area contributed by atoms with Gasteiger partial charge in [0.2, 0.25) is 0 Å². The van der Waals surface area contributed by atoms with Crippen LogP contribution in [0.1, 0.15) is 108 Å². The van der Waals surface area contributed by atoms with Crippen molar-refractivity contribution >= 4 is 5.97 Å². The van der Waals surface area contributed by atoms with Crippen LogP contribution in [0.2, 0.25) is 0 Å². The minimum atomic E-state index is -0.351. The number of carbonyl (C=O) groups excluding carboxylic acids is 1. The van der Waals surface area contributed by atoms with Crippen LogP contribution >= 0.6 is 0 Å². The fourth-order valence-corrected chi connectivity index (χ4v) is 5.49. The molecule has 4 heteroatoms. The van der Waals surface area contributed by atoms with Crippen LogP contribution in [-0.4, -0.2) is 30.9 Å². The Morgan fingerprint density at radius 1 is 1.03 bits per heavy atom. The van der Waals surface area contributed by atoms with E-state index in [0.29, 0.717) is 36.0 Å². The Labute approximate surface area is 225 Å². The molecule has 0 bridgehead atoms. The van der Waals surface area contributed by atoms with Crippen molar-refractivity contribution < 1.29 is 19.4 Å². The van der Waals surface area contributed by atoms with E-state index in [2.05, 4.69) is 57.8 Å². The molecule has 2 unspecified atom stereocenters. The first-order chi connectivity index (χ1) is 17.8. The quantitative estimate of drug-likeness (QED) is 0.0754. The number of benzene rings is 1. The van der Waals surface area contributed by atoms with Gasteiger partial charge in [-0.05, 0) is 67.9 Å². The Hall–Kier alpha value is -2.33. The summed E-state index contributed by atoms with van der Waals surface area (Å²) in [6.45, 7) is 18.1. The lowest BCUT2D eigenvalue weighted by Crippen LogP contribution is -2.22. The normalized spacial score (nSPS) is 19.0. The summed E-state index contributed by atoms with van der Waals surface area (Å²) in [6.07, 6.45) is 12.4. The van der Waals surface area contributed by atoms with Crippen LogP contribution in [0.15, 0.2) is 60.9 Å². The van der Waals surface area contributed by atoms with E-state index in [-0.39, 0.29) is 24.4 Å². The van der Waals surface area contributed by atoms with Crippen LogP contribution in [0.3, 0.4) is 0 Å². The summed E-state index contributed by atoms with van der Waals surface area (Å²) < 4.78 is 11.4. The van der Waals surface area contributed by atoms with E-state index in [1.165, 1.54) is 62.5 Å². The summed E-state index contributed by atoms with van der Waals surface area (Å²) in [5.74, 6) is 1.96. The van der Waals surface area contributed by atoms with Gasteiger partial charge in [0.25, 0.3) is 0 Å². The molecule has 0 radical (unpaired) electrons. The highest BCUT2D eigenvalue weighted by atomic mass is 16.5. The first-order valence-electron chi connectivity index (χ1n) is 14.3. The van der Waals surface area contributed by atoms with Crippen LogP contribution in [0.5, 0.6) is 0 Å². The van der Waals surface area contributed by atoms with Gasteiger partial charge in [0, 0.05) is 17.1 Å². The molecule has 37 heavy (non-hydrogen) atoms. The molecule has 1 aliphatic rings. The maximum absolute atomic E-state index is 12.2. The number of rotatable bonds is 17. The fourth-order valence-electron chi connectivity index (χ4n) is 5.49. The lowest BCUT2D eigenvalue weighted by molar-refractivity contribution is -0.139. The predicted molar refractivity (Wildman–Crippen MR) is 154 cm³/mol. The molecular formula is C33H50O4. The molecule has 1 aliphatic carbocycles. The van der Waals surface area contributed by atoms with Crippen LogP contribution in [0.4, 0.5) is 0 Å². The van der Waals surface area contributed by atoms with Crippen molar-refractivity contribution in [3.05, 3.63) is 72.0 Å². The number of ether oxygens (including phenoxy) is 2. The fraction of sp³-hybridized carbons (Fsp3) is 0.606. The molecular weight excluding hydrogens is 460 g/mol. The highest BCUT2D eigenvalue weighted by Gasteiger charge is 2.26. The van der Waals surface area contributed by atoms with E-state index in [1.54, 1.807) is 6.92 Å². The zero-order valence-electron chi connectivity index (χ0n) is 23.6. The molecule has 0 amide bonds. The molecule has 0 aliphatic heterocycles. The van der Waals surface area contributed by atoms with E-state index in [9.17, 15) is 9.90 Å². The number of carbonyl (C=O) groups is 1. The molecule has 0 spiro atoms. The van der Waals surface area contributed by atoms with Gasteiger partial charge in [0.05, 0.1) is 19.8 Å². The second-order valence-electron chi connectivity index (χ2n) is 10.9. The molecule has 1 fully saturated rings. The maximum atomic E-state index is 12.2. The van der Waals surface area contributed by atoms with Crippen molar-refractivity contribution in [2.45, 2.75) is 96.8 Å². The summed E-state index contributed by atoms with van der Waals surface area (Å²) in [5.41, 5.74) is 3.53. The predicted octanol–water partition coefficient (Wildman–Crippen LogP) is 8.24. The Bertz CT molecular complexity index is 861. The van der Waals surface area contributed by atoms with Gasteiger partial charge >= 0.3 is 5.97 Å². The average molecular weight is 511 g/mol. The number of aliphatic hydroxyl groups excluding tert-OH is 1. The number of hydrogen-bond donors (Lipinski definition) is 1. The molecule has 0 aromatic heterocycles. The highest BCUT2D eigenvalue weighted by molar-refractivity contribution is 5.86. The molecule has 2 rings (SSSR count). The van der Waals surface area contributed by atoms with E-state index >= 15 is 0 Å². The van der Waals surface area contributed by atoms with E-state index in [4.69, 9.17) is 9.47 Å². The highest BCUT2D eigenvalue weighted by Crippen LogP contribution is 2.39. The molecule has 1 aromatic rings. The van der Waals surface area contributed by atoms with Crippen molar-refractivity contribution in [1.29, 1.82) is 0 Å². The van der Waals surface area contributed by atoms with Gasteiger partial charge in [-0.2, -0.15) is 0 Å². The zero-order chi connectivity index (χ0) is 27.2. The minimum absolute atomic E-state index is 0.0644. The second-order valence-corrected chi connectivity index (χ2v) is 10.9. The number of hydrogen-bond acceptors (Lipinski definition) is 4. The number of aliphatic hydroxyl groups is 1. The van der Waals surface area contributed by atoms with Crippen molar-refractivity contribution in [2.24, 2.45) is 11.8 Å². The van der Waals surface area contributed by atoms with Crippen molar-refractivity contribution in [3.8, 4) is 0 Å². The Morgan fingerprint density at radius 2 is 1.70 bits per heavy atom. The monoisotopic (exact) mass is 510 g/mol. The van der Waals surface area contributed by atoms with Crippen molar-refractivity contribution in [3.63, 3.8) is 0 Å². The third-order valence-corrected chi connectivity index (χ3v) is 8.08. The summed E-state index contributed by atoms with van der Waals surface area (Å²) in [7, 11) is 0. The van der Waals surface area contributed by atoms with Gasteiger partial charge in [-0.1, -0.05) is 90.0 Å². The standard InChI is InChI=1S/C33H50O4/c1-7-9-10-11-27-12-14-29(15-13-27)30-16-18-31(19-17-30)32(23-37-33(35)24(3)4)28(8-2)20-21-36-26(6)25(5)22-34/h16-19,27-29,32,34H,3,5-15,20-23H2,1-2,4H3. The number of unbranched alkanes of at least 4 members (excludes halogenated alkanes) is 2. The van der Waals surface area contributed by atoms with E-state index in [1.807, 2.05) is 0 Å². The van der Waals surface area contributed by atoms with E-state index in [0.717, 1.165) is 18.8 Å². The summed E-state index contributed by atoms with van der Waals surface area (Å²) in [4.78, 5) is 12.2. The minimum Gasteiger partial charge on any atom is -0.494 e. The Morgan fingerprint density at radius 3 is 2.27 bits per heavy atom. The topological polar surface area (TPSA) is 55.8 Å². The van der Waals surface area contributed by atoms with Crippen molar-refractivity contribution in [1.82, 2.24) is 0 Å². The lowest BCUT2D eigenvalue weighted by atomic mass is 9.76. The first-order valence-corrected chi connectivity index (χ1v) is 14.3. The second kappa shape index (κ2) is 16.5. The molecule has 2 atom stereocenters. The Kier molecular flexibility index (Phi) is 13.8. The largest absolute Gasteiger partial charge is 0.494 e. The maximum Gasteiger partial charge on any atom is 0.333 e. The SMILES string of the molecule is C=C(C)C(=O)OCC(c1ccc(C2CCC(CCCCC)CC2)cc1)C(CC)CCOC(=C)C(=C)CO. The number of esters is 1. The van der Waals surface area contributed by atoms with E-state index < -0.39 is 0 Å². The van der Waals surface area contributed by atoms with Crippen LogP contribution in [0.25, 0.3) is 0 Å². The van der Waals surface area contributed by atoms with Gasteiger partial charge in [0.1, 0.15) is 5.76 Å². The van der Waals surface area contributed by atoms with Crippen LogP contribution in [0, 0.1) is 11.8 Å². The molecule has 206 valence electrons. The third kappa shape index (κ3) is 10.2.